The summed E-state index contributed by atoms with van der Waals surface area (Å²) in [4.78, 5) is 14.4. The highest BCUT2D eigenvalue weighted by atomic mass is 35.5. The summed E-state index contributed by atoms with van der Waals surface area (Å²) in [7, 11) is 0. The van der Waals surface area contributed by atoms with E-state index >= 15 is 0 Å². The average Bonchev–Trinajstić information content (AvgIpc) is 3.12. The van der Waals surface area contributed by atoms with E-state index in [1.807, 2.05) is 34.7 Å². The number of hydrogen-bond acceptors (Lipinski definition) is 4. The molecule has 1 saturated heterocycles. The number of alkyl halides is 3. The van der Waals surface area contributed by atoms with Gasteiger partial charge in [-0.3, -0.25) is 9.69 Å². The summed E-state index contributed by atoms with van der Waals surface area (Å²) in [6.07, 6.45) is -2.91. The Morgan fingerprint density at radius 3 is 2.65 bits per heavy atom. The lowest BCUT2D eigenvalue weighted by atomic mass is 10.0. The summed E-state index contributed by atoms with van der Waals surface area (Å²) in [5.74, 6) is -0.402. The summed E-state index contributed by atoms with van der Waals surface area (Å²) in [5.41, 5.74) is 2.08. The van der Waals surface area contributed by atoms with Gasteiger partial charge in [0, 0.05) is 13.1 Å². The van der Waals surface area contributed by atoms with E-state index in [-0.39, 0.29) is 23.3 Å². The van der Waals surface area contributed by atoms with Gasteiger partial charge < -0.3 is 5.32 Å². The molecular weight excluding hydrogens is 431 g/mol. The molecule has 0 spiro atoms. The van der Waals surface area contributed by atoms with Crippen LogP contribution in [0.2, 0.25) is 5.02 Å². The maximum absolute atomic E-state index is 12.9. The molecule has 31 heavy (non-hydrogen) atoms. The first-order valence-electron chi connectivity index (χ1n) is 9.91. The molecule has 0 saturated carbocycles. The van der Waals surface area contributed by atoms with Crippen molar-refractivity contribution in [1.82, 2.24) is 19.9 Å². The Labute approximate surface area is 182 Å². The maximum atomic E-state index is 12.9. The van der Waals surface area contributed by atoms with Crippen molar-refractivity contribution in [2.75, 3.05) is 25.0 Å². The van der Waals surface area contributed by atoms with Crippen LogP contribution in [0.25, 0.3) is 11.0 Å². The molecule has 4 rings (SSSR count). The number of carbonyl (C=O) groups is 1. The highest BCUT2D eigenvalue weighted by Crippen LogP contribution is 2.34. The van der Waals surface area contributed by atoms with E-state index in [1.165, 1.54) is 0 Å². The monoisotopic (exact) mass is 451 g/mol. The van der Waals surface area contributed by atoms with Gasteiger partial charge in [0.2, 0.25) is 5.91 Å². The van der Waals surface area contributed by atoms with Gasteiger partial charge in [0.1, 0.15) is 5.52 Å². The van der Waals surface area contributed by atoms with E-state index in [4.69, 9.17) is 11.6 Å². The van der Waals surface area contributed by atoms with Gasteiger partial charge in [-0.15, -0.1) is 5.10 Å². The lowest BCUT2D eigenvalue weighted by molar-refractivity contribution is -0.137. The predicted molar refractivity (Wildman–Crippen MR) is 112 cm³/mol. The molecule has 1 N–H and O–H groups in total. The Morgan fingerprint density at radius 2 is 1.94 bits per heavy atom. The molecule has 1 aromatic heterocycles. The summed E-state index contributed by atoms with van der Waals surface area (Å²) in [5, 5.41) is 11.1. The van der Waals surface area contributed by atoms with Crippen LogP contribution in [0.3, 0.4) is 0 Å². The summed E-state index contributed by atoms with van der Waals surface area (Å²) < 4.78 is 40.7. The van der Waals surface area contributed by atoms with Gasteiger partial charge >= 0.3 is 6.18 Å². The van der Waals surface area contributed by atoms with Crippen LogP contribution in [0.4, 0.5) is 18.9 Å². The molecule has 1 aliphatic rings. The largest absolute Gasteiger partial charge is 0.416 e. The molecule has 2 heterocycles. The molecule has 0 aliphatic carbocycles. The zero-order chi connectivity index (χ0) is 22.2. The average molecular weight is 452 g/mol. The van der Waals surface area contributed by atoms with Gasteiger partial charge in [0.15, 0.2) is 0 Å². The second-order valence-corrected chi connectivity index (χ2v) is 8.18. The van der Waals surface area contributed by atoms with Crippen molar-refractivity contribution in [2.45, 2.75) is 32.0 Å². The van der Waals surface area contributed by atoms with Crippen LogP contribution >= 0.6 is 11.6 Å². The van der Waals surface area contributed by atoms with Gasteiger partial charge in [-0.1, -0.05) is 22.9 Å². The Balaban J connectivity index is 1.35. The first-order valence-corrected chi connectivity index (χ1v) is 10.3. The van der Waals surface area contributed by atoms with Crippen molar-refractivity contribution in [1.29, 1.82) is 0 Å². The second-order valence-electron chi connectivity index (χ2n) is 7.77. The van der Waals surface area contributed by atoms with Crippen LogP contribution in [0.5, 0.6) is 0 Å². The molecule has 1 aliphatic heterocycles. The third-order valence-corrected chi connectivity index (χ3v) is 5.79. The fourth-order valence-corrected chi connectivity index (χ4v) is 4.00. The standard InChI is InChI=1S/C21H21ClF3N5O/c1-13-2-5-19-18(10-13)27-28-30(19)15-6-8-29(9-7-15)12-20(31)26-17-11-14(21(23,24)25)3-4-16(17)22/h2-5,10-11,15H,6-9,12H2,1H3,(H,26,31). The molecule has 6 nitrogen and oxygen atoms in total. The van der Waals surface area contributed by atoms with Gasteiger partial charge in [0.05, 0.1) is 34.4 Å². The zero-order valence-corrected chi connectivity index (χ0v) is 17.5. The quantitative estimate of drug-likeness (QED) is 0.625. The van der Waals surface area contributed by atoms with Gasteiger partial charge in [-0.2, -0.15) is 13.2 Å². The summed E-state index contributed by atoms with van der Waals surface area (Å²) in [6, 6.07) is 9.10. The normalized spacial score (nSPS) is 16.0. The van der Waals surface area contributed by atoms with Crippen molar-refractivity contribution < 1.29 is 18.0 Å². The summed E-state index contributed by atoms with van der Waals surface area (Å²) >= 11 is 5.96. The number of fused-ring (bicyclic) bond motifs is 1. The molecule has 3 aromatic rings. The fraction of sp³-hybridized carbons (Fsp3) is 0.381. The van der Waals surface area contributed by atoms with Crippen LogP contribution < -0.4 is 5.32 Å². The SMILES string of the molecule is Cc1ccc2c(c1)nnn2C1CCN(CC(=O)Nc2cc(C(F)(F)F)ccc2Cl)CC1. The number of amides is 1. The van der Waals surface area contributed by atoms with Gasteiger partial charge in [-0.05, 0) is 55.7 Å². The maximum Gasteiger partial charge on any atom is 0.416 e. The topological polar surface area (TPSA) is 63.1 Å². The smallest absolute Gasteiger partial charge is 0.324 e. The van der Waals surface area contributed by atoms with E-state index in [2.05, 4.69) is 15.6 Å². The number of nitrogens with zero attached hydrogens (tertiary/aromatic N) is 4. The summed E-state index contributed by atoms with van der Waals surface area (Å²) in [6.45, 7) is 3.42. The van der Waals surface area contributed by atoms with Crippen molar-refractivity contribution in [3.05, 3.63) is 52.5 Å². The van der Waals surface area contributed by atoms with Crippen LogP contribution in [0.15, 0.2) is 36.4 Å². The number of aryl methyl sites for hydroxylation is 1. The van der Waals surface area contributed by atoms with Crippen LogP contribution in [0, 0.1) is 6.92 Å². The van der Waals surface area contributed by atoms with E-state index in [0.29, 0.717) is 13.1 Å². The number of nitrogens with one attached hydrogen (secondary N) is 1. The molecular formula is C21H21ClF3N5O. The number of hydrogen-bond donors (Lipinski definition) is 1. The molecule has 2 aromatic carbocycles. The minimum absolute atomic E-state index is 0.0410. The second kappa shape index (κ2) is 8.47. The van der Waals surface area contributed by atoms with E-state index < -0.39 is 17.6 Å². The van der Waals surface area contributed by atoms with Crippen LogP contribution in [-0.2, 0) is 11.0 Å². The first-order chi connectivity index (χ1) is 14.7. The van der Waals surface area contributed by atoms with E-state index in [0.717, 1.165) is 47.6 Å². The number of halogens is 4. The molecule has 0 atom stereocenters. The number of rotatable bonds is 4. The molecule has 164 valence electrons. The first kappa shape index (κ1) is 21.6. The molecule has 0 unspecified atom stereocenters. The van der Waals surface area contributed by atoms with E-state index in [9.17, 15) is 18.0 Å². The molecule has 1 amide bonds. The Kier molecular flexibility index (Phi) is 5.90. The Bertz CT molecular complexity index is 1110. The third-order valence-electron chi connectivity index (χ3n) is 5.46. The molecule has 1 fully saturated rings. The highest BCUT2D eigenvalue weighted by Gasteiger charge is 2.31. The van der Waals surface area contributed by atoms with Gasteiger partial charge in [0.25, 0.3) is 0 Å². The van der Waals surface area contributed by atoms with Crippen molar-refractivity contribution in [3.8, 4) is 0 Å². The minimum Gasteiger partial charge on any atom is -0.324 e. The Hall–Kier alpha value is -2.65. The molecule has 0 radical (unpaired) electrons. The van der Waals surface area contributed by atoms with Crippen molar-refractivity contribution in [2.24, 2.45) is 0 Å². The van der Waals surface area contributed by atoms with Crippen molar-refractivity contribution >= 4 is 34.2 Å². The minimum atomic E-state index is -4.50. The van der Waals surface area contributed by atoms with Crippen LogP contribution in [0.1, 0.15) is 30.0 Å². The van der Waals surface area contributed by atoms with E-state index in [1.54, 1.807) is 0 Å². The molecule has 10 heteroatoms. The number of piperidine rings is 1. The predicted octanol–water partition coefficient (Wildman–Crippen LogP) is 4.69. The third kappa shape index (κ3) is 4.83. The molecule has 0 bridgehead atoms. The number of benzene rings is 2. The highest BCUT2D eigenvalue weighted by molar-refractivity contribution is 6.33. The lowest BCUT2D eigenvalue weighted by Gasteiger charge is -2.31. The number of carbonyl (C=O) groups excluding carboxylic acids is 1. The Morgan fingerprint density at radius 1 is 1.19 bits per heavy atom. The van der Waals surface area contributed by atoms with Crippen molar-refractivity contribution in [3.63, 3.8) is 0 Å². The lowest BCUT2D eigenvalue weighted by Crippen LogP contribution is -2.39. The van der Waals surface area contributed by atoms with Crippen LogP contribution in [-0.4, -0.2) is 45.4 Å². The van der Waals surface area contributed by atoms with Gasteiger partial charge in [-0.25, -0.2) is 4.68 Å². The fourth-order valence-electron chi connectivity index (χ4n) is 3.83. The zero-order valence-electron chi connectivity index (χ0n) is 16.8. The number of anilines is 1. The number of aromatic nitrogens is 3. The number of likely N-dealkylation sites (tertiary alicyclic amines) is 1.